The zero-order valence-corrected chi connectivity index (χ0v) is 40.1. The second-order valence-electron chi connectivity index (χ2n) is 19.4. The van der Waals surface area contributed by atoms with Gasteiger partial charge in [0.05, 0.1) is 89.0 Å². The first-order chi connectivity index (χ1) is 37.2. The Balaban J connectivity index is 1.28. The van der Waals surface area contributed by atoms with Crippen LogP contribution in [-0.4, -0.2) is 22.8 Å². The van der Waals surface area contributed by atoms with Crippen molar-refractivity contribution in [3.05, 3.63) is 248 Å². The Morgan fingerprint density at radius 3 is 0.787 bits per heavy atom. The van der Waals surface area contributed by atoms with Crippen LogP contribution in [0.2, 0.25) is 0 Å². The topological polar surface area (TPSA) is 72.2 Å². The first-order valence-electron chi connectivity index (χ1n) is 25.2. The quantitative estimate of drug-likeness (QED) is 0.172. The Morgan fingerprint density at radius 2 is 0.453 bits per heavy atom. The van der Waals surface area contributed by atoms with Gasteiger partial charge in [0.2, 0.25) is 0 Å². The van der Waals surface area contributed by atoms with Crippen molar-refractivity contribution in [2.75, 3.05) is 0 Å². The maximum absolute atomic E-state index is 12.4. The van der Waals surface area contributed by atoms with Crippen molar-refractivity contribution < 1.29 is 0 Å². The summed E-state index contributed by atoms with van der Waals surface area (Å²) in [6.07, 6.45) is 0. The fraction of sp³-hybridized carbons (Fsp3) is 0. The van der Waals surface area contributed by atoms with Gasteiger partial charge < -0.3 is 22.8 Å². The third-order valence-corrected chi connectivity index (χ3v) is 15.7. The Morgan fingerprint density at radius 1 is 0.213 bits per heavy atom. The minimum atomic E-state index is 0.266. The van der Waals surface area contributed by atoms with Gasteiger partial charge in [0, 0.05) is 59.5 Å². The van der Waals surface area contributed by atoms with Crippen molar-refractivity contribution in [1.82, 2.24) is 22.8 Å². The van der Waals surface area contributed by atoms with Gasteiger partial charge in [-0.25, -0.2) is 0 Å². The van der Waals surface area contributed by atoms with E-state index >= 15 is 0 Å². The smallest absolute Gasteiger partial charge is 0.103 e. The van der Waals surface area contributed by atoms with Gasteiger partial charge in [-0.1, -0.05) is 176 Å². The number of hydrogen-bond acceptors (Lipinski definition) is 2. The molecule has 0 radical (unpaired) electrons. The van der Waals surface area contributed by atoms with E-state index in [0.29, 0.717) is 11.4 Å². The molecule has 16 rings (SSSR count). The molecule has 0 aliphatic carbocycles. The standard InChI is InChI=1S/C68H39N7/c69-40-53-54(41-70)66(73-58-33-15-6-24-45(58)46-25-7-16-34-59(46)73)68(75-62-37-19-11-29-50(62)52-39-38-51-49-28-10-12-30-55(49)71(63(51)64(52)75)42-20-2-1-3-21-42)67(74-60-35-17-8-26-47(60)48-27-9-18-36-61(48)74)65(53)72-56-31-13-4-22-43(56)44-23-5-14-32-57(44)72/h1-39H. The van der Waals surface area contributed by atoms with E-state index in [1.54, 1.807) is 0 Å². The second-order valence-corrected chi connectivity index (χ2v) is 19.4. The fourth-order valence-corrected chi connectivity index (χ4v) is 12.8. The van der Waals surface area contributed by atoms with Crippen LogP contribution in [0.1, 0.15) is 11.1 Å². The molecule has 11 aromatic carbocycles. The normalized spacial score (nSPS) is 12.0. The number of fused-ring (bicyclic) bond motifs is 16. The zero-order chi connectivity index (χ0) is 49.5. The lowest BCUT2D eigenvalue weighted by atomic mass is 9.98. The van der Waals surface area contributed by atoms with Crippen LogP contribution in [0.3, 0.4) is 0 Å². The van der Waals surface area contributed by atoms with Gasteiger partial charge in [0.25, 0.3) is 0 Å². The Hall–Kier alpha value is -10.6. The molecular weight excluding hydrogens is 915 g/mol. The predicted molar refractivity (Wildman–Crippen MR) is 308 cm³/mol. The summed E-state index contributed by atoms with van der Waals surface area (Å²) in [6.45, 7) is 0. The first-order valence-corrected chi connectivity index (χ1v) is 25.2. The first kappa shape index (κ1) is 41.1. The third kappa shape index (κ3) is 5.40. The highest BCUT2D eigenvalue weighted by molar-refractivity contribution is 6.25. The molecular formula is C68H39N7. The highest BCUT2D eigenvalue weighted by Crippen LogP contribution is 2.51. The number of para-hydroxylation sites is 9. The predicted octanol–water partition coefficient (Wildman–Crippen LogP) is 16.9. The summed E-state index contributed by atoms with van der Waals surface area (Å²) in [4.78, 5) is 0. The summed E-state index contributed by atoms with van der Waals surface area (Å²) in [5, 5.41) is 35.3. The molecule has 0 unspecified atom stereocenters. The van der Waals surface area contributed by atoms with Crippen molar-refractivity contribution in [3.8, 4) is 40.6 Å². The lowest BCUT2D eigenvalue weighted by Gasteiger charge is -2.28. The van der Waals surface area contributed by atoms with E-state index in [-0.39, 0.29) is 11.1 Å². The highest BCUT2D eigenvalue weighted by Gasteiger charge is 2.35. The molecule has 0 aliphatic heterocycles. The van der Waals surface area contributed by atoms with Crippen molar-refractivity contribution in [2.45, 2.75) is 0 Å². The summed E-state index contributed by atoms with van der Waals surface area (Å²) in [6, 6.07) is 89.0. The van der Waals surface area contributed by atoms with Crippen LogP contribution in [-0.2, 0) is 0 Å². The zero-order valence-electron chi connectivity index (χ0n) is 40.1. The van der Waals surface area contributed by atoms with Gasteiger partial charge >= 0.3 is 0 Å². The maximum atomic E-state index is 12.4. The van der Waals surface area contributed by atoms with Crippen LogP contribution >= 0.6 is 0 Å². The number of nitriles is 2. The number of hydrogen-bond donors (Lipinski definition) is 0. The lowest BCUT2D eigenvalue weighted by Crippen LogP contribution is -2.17. The summed E-state index contributed by atoms with van der Waals surface area (Å²) in [7, 11) is 0. The highest BCUT2D eigenvalue weighted by atomic mass is 15.2. The maximum Gasteiger partial charge on any atom is 0.103 e. The van der Waals surface area contributed by atoms with Gasteiger partial charge in [0.15, 0.2) is 0 Å². The molecule has 346 valence electrons. The molecule has 16 aromatic rings. The van der Waals surface area contributed by atoms with Crippen molar-refractivity contribution in [1.29, 1.82) is 10.5 Å². The molecule has 0 saturated carbocycles. The monoisotopic (exact) mass is 953 g/mol. The van der Waals surface area contributed by atoms with Crippen LogP contribution in [0, 0.1) is 22.7 Å². The van der Waals surface area contributed by atoms with Gasteiger partial charge in [-0.15, -0.1) is 0 Å². The van der Waals surface area contributed by atoms with Crippen molar-refractivity contribution >= 4 is 109 Å². The molecule has 5 aromatic heterocycles. The molecule has 0 spiro atoms. The fourth-order valence-electron chi connectivity index (χ4n) is 12.8. The van der Waals surface area contributed by atoms with E-state index in [2.05, 4.69) is 272 Å². The average Bonchev–Trinajstić information content (AvgIpc) is 4.28. The summed E-state index contributed by atoms with van der Waals surface area (Å²) >= 11 is 0. The Kier molecular flexibility index (Phi) is 8.46. The molecule has 0 aliphatic rings. The van der Waals surface area contributed by atoms with E-state index < -0.39 is 0 Å². The molecule has 0 saturated heterocycles. The summed E-state index contributed by atoms with van der Waals surface area (Å²) in [5.41, 5.74) is 13.9. The summed E-state index contributed by atoms with van der Waals surface area (Å²) in [5.74, 6) is 0. The van der Waals surface area contributed by atoms with E-state index in [9.17, 15) is 10.5 Å². The second kappa shape index (κ2) is 15.5. The number of benzene rings is 11. The molecule has 7 nitrogen and oxygen atoms in total. The molecule has 0 bridgehead atoms. The lowest BCUT2D eigenvalue weighted by molar-refractivity contribution is 1.01. The van der Waals surface area contributed by atoms with Crippen LogP contribution < -0.4 is 0 Å². The molecule has 75 heavy (non-hydrogen) atoms. The van der Waals surface area contributed by atoms with E-state index in [1.165, 1.54) is 0 Å². The largest absolute Gasteiger partial charge is 0.307 e. The number of rotatable bonds is 5. The molecule has 0 atom stereocenters. The van der Waals surface area contributed by atoms with E-state index in [0.717, 1.165) is 126 Å². The van der Waals surface area contributed by atoms with Gasteiger partial charge in [-0.3, -0.25) is 0 Å². The summed E-state index contributed by atoms with van der Waals surface area (Å²) < 4.78 is 11.8. The molecule has 7 heteroatoms. The SMILES string of the molecule is N#Cc1c(C#N)c(-n2c3ccccc3c3ccccc32)c(-n2c3ccccc3c3ccc4c5ccccc5n(-c5ccccc5)c4c32)c(-n2c3ccccc3c3ccccc32)c1-n1c2ccccc2c2ccccc21. The van der Waals surface area contributed by atoms with Crippen molar-refractivity contribution in [3.63, 3.8) is 0 Å². The molecule has 5 heterocycles. The van der Waals surface area contributed by atoms with E-state index in [1.807, 2.05) is 0 Å². The van der Waals surface area contributed by atoms with Crippen LogP contribution in [0.15, 0.2) is 237 Å². The molecule has 0 amide bonds. The number of aromatic nitrogens is 5. The number of nitrogens with zero attached hydrogens (tertiary/aromatic N) is 7. The van der Waals surface area contributed by atoms with Crippen molar-refractivity contribution in [2.24, 2.45) is 0 Å². The van der Waals surface area contributed by atoms with Gasteiger partial charge in [0.1, 0.15) is 12.1 Å². The van der Waals surface area contributed by atoms with E-state index in [4.69, 9.17) is 0 Å². The third-order valence-electron chi connectivity index (χ3n) is 15.7. The Labute approximate surface area is 428 Å². The molecule has 0 N–H and O–H groups in total. The minimum absolute atomic E-state index is 0.266. The Bertz CT molecular complexity index is 5060. The van der Waals surface area contributed by atoms with Gasteiger partial charge in [-0.2, -0.15) is 10.5 Å². The molecule has 0 fully saturated rings. The van der Waals surface area contributed by atoms with Crippen LogP contribution in [0.5, 0.6) is 0 Å². The van der Waals surface area contributed by atoms with Crippen LogP contribution in [0.4, 0.5) is 0 Å². The average molecular weight is 954 g/mol. The van der Waals surface area contributed by atoms with Crippen LogP contribution in [0.25, 0.3) is 137 Å². The minimum Gasteiger partial charge on any atom is -0.307 e. The van der Waals surface area contributed by atoms with Gasteiger partial charge in [-0.05, 0) is 60.7 Å².